The highest BCUT2D eigenvalue weighted by Gasteiger charge is 2.04. The SMILES string of the molecule is CCCNC(=O)c1cccc(NCCC)c1. The Morgan fingerprint density at radius 1 is 1.19 bits per heavy atom. The fraction of sp³-hybridized carbons (Fsp3) is 0.462. The van der Waals surface area contributed by atoms with Gasteiger partial charge >= 0.3 is 0 Å². The molecule has 0 heterocycles. The molecule has 1 amide bonds. The number of benzene rings is 1. The smallest absolute Gasteiger partial charge is 0.251 e. The number of carbonyl (C=O) groups is 1. The van der Waals surface area contributed by atoms with Gasteiger partial charge in [0.1, 0.15) is 0 Å². The molecule has 0 atom stereocenters. The van der Waals surface area contributed by atoms with Crippen LogP contribution in [0.5, 0.6) is 0 Å². The van der Waals surface area contributed by atoms with Crippen LogP contribution in [0.15, 0.2) is 24.3 Å². The zero-order valence-corrected chi connectivity index (χ0v) is 10.0. The molecule has 0 aliphatic heterocycles. The average molecular weight is 220 g/mol. The van der Waals surface area contributed by atoms with Crippen molar-refractivity contribution in [2.45, 2.75) is 26.7 Å². The molecule has 0 unspecified atom stereocenters. The summed E-state index contributed by atoms with van der Waals surface area (Å²) in [5.74, 6) is 0.00185. The topological polar surface area (TPSA) is 41.1 Å². The lowest BCUT2D eigenvalue weighted by molar-refractivity contribution is 0.0953. The summed E-state index contributed by atoms with van der Waals surface area (Å²) in [6, 6.07) is 7.61. The van der Waals surface area contributed by atoms with E-state index in [1.165, 1.54) is 0 Å². The second-order valence-corrected chi connectivity index (χ2v) is 3.76. The summed E-state index contributed by atoms with van der Waals surface area (Å²) in [7, 11) is 0. The molecule has 3 nitrogen and oxygen atoms in total. The molecule has 0 saturated carbocycles. The van der Waals surface area contributed by atoms with Gasteiger partial charge in [-0.3, -0.25) is 4.79 Å². The summed E-state index contributed by atoms with van der Waals surface area (Å²) < 4.78 is 0. The van der Waals surface area contributed by atoms with Gasteiger partial charge in [0.05, 0.1) is 0 Å². The molecule has 0 aliphatic carbocycles. The highest BCUT2D eigenvalue weighted by Crippen LogP contribution is 2.10. The van der Waals surface area contributed by atoms with E-state index in [0.29, 0.717) is 0 Å². The molecule has 0 fully saturated rings. The predicted molar refractivity (Wildman–Crippen MR) is 67.8 cm³/mol. The highest BCUT2D eigenvalue weighted by atomic mass is 16.1. The highest BCUT2D eigenvalue weighted by molar-refractivity contribution is 5.95. The first-order valence-corrected chi connectivity index (χ1v) is 5.90. The molecular formula is C13H20N2O. The van der Waals surface area contributed by atoms with Crippen molar-refractivity contribution in [1.29, 1.82) is 0 Å². The molecule has 2 N–H and O–H groups in total. The Bertz CT molecular complexity index is 336. The molecule has 1 rings (SSSR count). The minimum absolute atomic E-state index is 0.00185. The first kappa shape index (κ1) is 12.6. The van der Waals surface area contributed by atoms with E-state index in [9.17, 15) is 4.79 Å². The number of hydrogen-bond acceptors (Lipinski definition) is 2. The summed E-state index contributed by atoms with van der Waals surface area (Å²) in [6.45, 7) is 5.82. The van der Waals surface area contributed by atoms with Gasteiger partial charge in [0.25, 0.3) is 5.91 Å². The number of carbonyl (C=O) groups excluding carboxylic acids is 1. The molecule has 0 radical (unpaired) electrons. The van der Waals surface area contributed by atoms with Crippen molar-refractivity contribution in [2.75, 3.05) is 18.4 Å². The molecule has 3 heteroatoms. The Kier molecular flexibility index (Phi) is 5.40. The van der Waals surface area contributed by atoms with Crippen LogP contribution in [-0.2, 0) is 0 Å². The first-order chi connectivity index (χ1) is 7.77. The summed E-state index contributed by atoms with van der Waals surface area (Å²) in [4.78, 5) is 11.7. The number of amides is 1. The molecule has 0 spiro atoms. The summed E-state index contributed by atoms with van der Waals surface area (Å²) >= 11 is 0. The van der Waals surface area contributed by atoms with E-state index in [4.69, 9.17) is 0 Å². The van der Waals surface area contributed by atoms with Gasteiger partial charge in [-0.2, -0.15) is 0 Å². The maximum atomic E-state index is 11.7. The van der Waals surface area contributed by atoms with E-state index in [1.54, 1.807) is 0 Å². The first-order valence-electron chi connectivity index (χ1n) is 5.90. The Morgan fingerprint density at radius 3 is 2.62 bits per heavy atom. The van der Waals surface area contributed by atoms with Gasteiger partial charge in [-0.1, -0.05) is 19.9 Å². The lowest BCUT2D eigenvalue weighted by Crippen LogP contribution is -2.23. The van der Waals surface area contributed by atoms with Crippen LogP contribution in [0.2, 0.25) is 0 Å². The van der Waals surface area contributed by atoms with Gasteiger partial charge in [0, 0.05) is 24.3 Å². The van der Waals surface area contributed by atoms with Crippen LogP contribution in [0, 0.1) is 0 Å². The van der Waals surface area contributed by atoms with Gasteiger partial charge in [-0.15, -0.1) is 0 Å². The zero-order valence-electron chi connectivity index (χ0n) is 10.0. The minimum Gasteiger partial charge on any atom is -0.385 e. The van der Waals surface area contributed by atoms with Crippen molar-refractivity contribution in [2.24, 2.45) is 0 Å². The van der Waals surface area contributed by atoms with Crippen LogP contribution < -0.4 is 10.6 Å². The second kappa shape index (κ2) is 6.88. The van der Waals surface area contributed by atoms with E-state index >= 15 is 0 Å². The lowest BCUT2D eigenvalue weighted by Gasteiger charge is -2.07. The molecule has 88 valence electrons. The third-order valence-electron chi connectivity index (χ3n) is 2.24. The third kappa shape index (κ3) is 3.93. The zero-order chi connectivity index (χ0) is 11.8. The maximum absolute atomic E-state index is 11.7. The van der Waals surface area contributed by atoms with Gasteiger partial charge in [-0.05, 0) is 31.0 Å². The molecule has 1 aromatic carbocycles. The summed E-state index contributed by atoms with van der Waals surface area (Å²) in [5.41, 5.74) is 1.72. The van der Waals surface area contributed by atoms with Gasteiger partial charge in [-0.25, -0.2) is 0 Å². The minimum atomic E-state index is 0.00185. The third-order valence-corrected chi connectivity index (χ3v) is 2.24. The molecular weight excluding hydrogens is 200 g/mol. The van der Waals surface area contributed by atoms with Gasteiger partial charge in [0.15, 0.2) is 0 Å². The number of nitrogens with one attached hydrogen (secondary N) is 2. The van der Waals surface area contributed by atoms with Crippen molar-refractivity contribution in [3.8, 4) is 0 Å². The van der Waals surface area contributed by atoms with E-state index < -0.39 is 0 Å². The average Bonchev–Trinajstić information content (AvgIpc) is 2.33. The fourth-order valence-electron chi connectivity index (χ4n) is 1.38. The predicted octanol–water partition coefficient (Wildman–Crippen LogP) is 2.65. The Labute approximate surface area is 97.2 Å². The van der Waals surface area contributed by atoms with Crippen molar-refractivity contribution in [3.05, 3.63) is 29.8 Å². The normalized spacial score (nSPS) is 9.88. The van der Waals surface area contributed by atoms with Crippen LogP contribution >= 0.6 is 0 Å². The summed E-state index contributed by atoms with van der Waals surface area (Å²) in [5, 5.41) is 6.13. The lowest BCUT2D eigenvalue weighted by atomic mass is 10.2. The number of anilines is 1. The van der Waals surface area contributed by atoms with Gasteiger partial charge < -0.3 is 10.6 Å². The van der Waals surface area contributed by atoms with Crippen LogP contribution in [-0.4, -0.2) is 19.0 Å². The second-order valence-electron chi connectivity index (χ2n) is 3.76. The van der Waals surface area contributed by atoms with E-state index in [2.05, 4.69) is 17.6 Å². The molecule has 0 aromatic heterocycles. The fourth-order valence-corrected chi connectivity index (χ4v) is 1.38. The van der Waals surface area contributed by atoms with Crippen molar-refractivity contribution >= 4 is 11.6 Å². The van der Waals surface area contributed by atoms with E-state index in [1.807, 2.05) is 31.2 Å². The summed E-state index contributed by atoms with van der Waals surface area (Å²) in [6.07, 6.45) is 2.03. The van der Waals surface area contributed by atoms with Crippen molar-refractivity contribution in [1.82, 2.24) is 5.32 Å². The van der Waals surface area contributed by atoms with Crippen LogP contribution in [0.1, 0.15) is 37.0 Å². The monoisotopic (exact) mass is 220 g/mol. The Balaban J connectivity index is 2.62. The standard InChI is InChI=1S/C13H20N2O/c1-3-8-14-12-7-5-6-11(10-12)13(16)15-9-4-2/h5-7,10,14H,3-4,8-9H2,1-2H3,(H,15,16). The largest absolute Gasteiger partial charge is 0.385 e. The molecule has 1 aromatic rings. The van der Waals surface area contributed by atoms with Crippen LogP contribution in [0.3, 0.4) is 0 Å². The number of rotatable bonds is 6. The quantitative estimate of drug-likeness (QED) is 0.773. The van der Waals surface area contributed by atoms with Crippen molar-refractivity contribution in [3.63, 3.8) is 0 Å². The van der Waals surface area contributed by atoms with E-state index in [0.717, 1.165) is 37.2 Å². The molecule has 0 bridgehead atoms. The maximum Gasteiger partial charge on any atom is 0.251 e. The molecule has 0 aliphatic rings. The molecule has 0 saturated heterocycles. The van der Waals surface area contributed by atoms with Crippen LogP contribution in [0.25, 0.3) is 0 Å². The van der Waals surface area contributed by atoms with Gasteiger partial charge in [0.2, 0.25) is 0 Å². The van der Waals surface area contributed by atoms with E-state index in [-0.39, 0.29) is 5.91 Å². The van der Waals surface area contributed by atoms with Crippen LogP contribution in [0.4, 0.5) is 5.69 Å². The number of hydrogen-bond donors (Lipinski definition) is 2. The Hall–Kier alpha value is -1.51. The van der Waals surface area contributed by atoms with Crippen molar-refractivity contribution < 1.29 is 4.79 Å². The molecule has 16 heavy (non-hydrogen) atoms. The Morgan fingerprint density at radius 2 is 1.94 bits per heavy atom.